The molecule has 1 atom stereocenters. The summed E-state index contributed by atoms with van der Waals surface area (Å²) >= 11 is 0. The fraction of sp³-hybridized carbons (Fsp3) is 0.400. The topological polar surface area (TPSA) is 38.3 Å². The Kier molecular flexibility index (Phi) is 4.54. The molecule has 0 saturated heterocycles. The van der Waals surface area contributed by atoms with E-state index in [9.17, 15) is 4.79 Å². The molecule has 0 aliphatic heterocycles. The Labute approximate surface area is 109 Å². The number of ether oxygens (including phenoxy) is 1. The van der Waals surface area contributed by atoms with E-state index in [-0.39, 0.29) is 6.04 Å². The molecular weight excluding hydrogens is 226 g/mol. The van der Waals surface area contributed by atoms with E-state index in [4.69, 9.17) is 4.74 Å². The van der Waals surface area contributed by atoms with Crippen LogP contribution < -0.4 is 5.32 Å². The molecule has 0 aliphatic carbocycles. The summed E-state index contributed by atoms with van der Waals surface area (Å²) in [6, 6.07) is 9.49. The van der Waals surface area contributed by atoms with E-state index in [1.807, 2.05) is 58.0 Å². The van der Waals surface area contributed by atoms with Crippen LogP contribution in [0.4, 0.5) is 4.79 Å². The summed E-state index contributed by atoms with van der Waals surface area (Å²) in [5, 5.41) is 2.83. The third kappa shape index (κ3) is 4.62. The van der Waals surface area contributed by atoms with Crippen molar-refractivity contribution in [2.75, 3.05) is 0 Å². The van der Waals surface area contributed by atoms with Gasteiger partial charge in [0, 0.05) is 0 Å². The zero-order valence-electron chi connectivity index (χ0n) is 11.5. The lowest BCUT2D eigenvalue weighted by molar-refractivity contribution is 0.0511. The summed E-state index contributed by atoms with van der Waals surface area (Å²) in [4.78, 5) is 11.8. The molecule has 0 fully saturated rings. The molecule has 1 amide bonds. The van der Waals surface area contributed by atoms with E-state index in [0.29, 0.717) is 0 Å². The average Bonchev–Trinajstić information content (AvgIpc) is 2.24. The highest BCUT2D eigenvalue weighted by atomic mass is 16.6. The number of alkyl carbamates (subject to hydrolysis) is 1. The van der Waals surface area contributed by atoms with Crippen LogP contribution in [0, 0.1) is 0 Å². The average molecular weight is 247 g/mol. The number of carbonyl (C=O) groups excluding carboxylic acids is 1. The minimum atomic E-state index is -0.500. The molecule has 0 bridgehead atoms. The number of rotatable bonds is 3. The first kappa shape index (κ1) is 14.3. The Morgan fingerprint density at radius 3 is 2.28 bits per heavy atom. The van der Waals surface area contributed by atoms with Crippen molar-refractivity contribution in [3.05, 3.63) is 48.0 Å². The largest absolute Gasteiger partial charge is 0.444 e. The lowest BCUT2D eigenvalue weighted by Gasteiger charge is -2.24. The molecule has 98 valence electrons. The number of hydrogen-bond donors (Lipinski definition) is 1. The summed E-state index contributed by atoms with van der Waals surface area (Å²) in [7, 11) is 0. The first-order valence-corrected chi connectivity index (χ1v) is 5.99. The zero-order valence-corrected chi connectivity index (χ0v) is 11.5. The predicted molar refractivity (Wildman–Crippen MR) is 73.4 cm³/mol. The second kappa shape index (κ2) is 5.71. The molecule has 0 saturated carbocycles. The van der Waals surface area contributed by atoms with Crippen LogP contribution in [0.2, 0.25) is 0 Å². The molecular formula is C15H21NO2. The van der Waals surface area contributed by atoms with Gasteiger partial charge in [-0.1, -0.05) is 42.5 Å². The number of nitrogens with one attached hydrogen (secondary N) is 1. The zero-order chi connectivity index (χ0) is 13.8. The number of benzene rings is 1. The molecule has 1 N–H and O–H groups in total. The van der Waals surface area contributed by atoms with Crippen LogP contribution in [-0.2, 0) is 4.74 Å². The van der Waals surface area contributed by atoms with Crippen molar-refractivity contribution >= 4 is 6.09 Å². The maximum Gasteiger partial charge on any atom is 0.408 e. The van der Waals surface area contributed by atoms with Gasteiger partial charge >= 0.3 is 6.09 Å². The number of hydrogen-bond acceptors (Lipinski definition) is 2. The fourth-order valence-electron chi connectivity index (χ4n) is 1.56. The van der Waals surface area contributed by atoms with Crippen molar-refractivity contribution in [1.29, 1.82) is 0 Å². The Morgan fingerprint density at radius 2 is 1.83 bits per heavy atom. The molecule has 1 rings (SSSR count). The van der Waals surface area contributed by atoms with Gasteiger partial charge in [0.1, 0.15) is 5.60 Å². The summed E-state index contributed by atoms with van der Waals surface area (Å²) in [6.07, 6.45) is -0.431. The highest BCUT2D eigenvalue weighted by Crippen LogP contribution is 2.20. The van der Waals surface area contributed by atoms with Gasteiger partial charge in [0.2, 0.25) is 0 Å². The second-order valence-corrected chi connectivity index (χ2v) is 5.34. The maximum atomic E-state index is 11.8. The summed E-state index contributed by atoms with van der Waals surface area (Å²) in [5.74, 6) is 0. The lowest BCUT2D eigenvalue weighted by Crippen LogP contribution is -2.35. The van der Waals surface area contributed by atoms with Gasteiger partial charge in [-0.25, -0.2) is 4.79 Å². The lowest BCUT2D eigenvalue weighted by atomic mass is 10.0. The Bertz CT molecular complexity index is 418. The Hall–Kier alpha value is -1.77. The van der Waals surface area contributed by atoms with E-state index < -0.39 is 11.7 Å². The molecule has 0 radical (unpaired) electrons. The third-order valence-electron chi connectivity index (χ3n) is 2.29. The molecule has 1 aromatic carbocycles. The van der Waals surface area contributed by atoms with Gasteiger partial charge in [0.15, 0.2) is 0 Å². The van der Waals surface area contributed by atoms with Crippen molar-refractivity contribution < 1.29 is 9.53 Å². The Morgan fingerprint density at radius 1 is 1.28 bits per heavy atom. The van der Waals surface area contributed by atoms with Crippen molar-refractivity contribution in [2.24, 2.45) is 0 Å². The number of amides is 1. The first-order valence-electron chi connectivity index (χ1n) is 5.99. The minimum absolute atomic E-state index is 0.221. The van der Waals surface area contributed by atoms with Gasteiger partial charge < -0.3 is 10.1 Å². The Balaban J connectivity index is 2.77. The molecule has 3 heteroatoms. The van der Waals surface area contributed by atoms with Crippen LogP contribution in [0.3, 0.4) is 0 Å². The van der Waals surface area contributed by atoms with Crippen LogP contribution >= 0.6 is 0 Å². The highest BCUT2D eigenvalue weighted by molar-refractivity contribution is 5.69. The van der Waals surface area contributed by atoms with E-state index >= 15 is 0 Å². The van der Waals surface area contributed by atoms with Gasteiger partial charge in [-0.2, -0.15) is 0 Å². The molecule has 0 aliphatic rings. The van der Waals surface area contributed by atoms with Crippen molar-refractivity contribution in [1.82, 2.24) is 5.32 Å². The van der Waals surface area contributed by atoms with E-state index in [0.717, 1.165) is 11.1 Å². The van der Waals surface area contributed by atoms with E-state index in [1.54, 1.807) is 0 Å². The third-order valence-corrected chi connectivity index (χ3v) is 2.29. The highest BCUT2D eigenvalue weighted by Gasteiger charge is 2.20. The van der Waals surface area contributed by atoms with Gasteiger partial charge in [0.05, 0.1) is 6.04 Å². The molecule has 0 aromatic heterocycles. The molecule has 0 heterocycles. The van der Waals surface area contributed by atoms with Gasteiger partial charge in [0.25, 0.3) is 0 Å². The van der Waals surface area contributed by atoms with Gasteiger partial charge in [-0.3, -0.25) is 0 Å². The van der Waals surface area contributed by atoms with E-state index in [1.165, 1.54) is 0 Å². The number of carbonyl (C=O) groups is 1. The summed E-state index contributed by atoms with van der Waals surface area (Å²) in [6.45, 7) is 11.3. The van der Waals surface area contributed by atoms with Gasteiger partial charge in [-0.05, 0) is 33.3 Å². The van der Waals surface area contributed by atoms with Crippen LogP contribution in [0.5, 0.6) is 0 Å². The first-order chi connectivity index (χ1) is 8.29. The fourth-order valence-corrected chi connectivity index (χ4v) is 1.56. The van der Waals surface area contributed by atoms with Crippen molar-refractivity contribution in [3.63, 3.8) is 0 Å². The summed E-state index contributed by atoms with van der Waals surface area (Å²) in [5.41, 5.74) is 1.36. The molecule has 18 heavy (non-hydrogen) atoms. The quantitative estimate of drug-likeness (QED) is 0.824. The SMILES string of the molecule is C=C(C)[C@@H](NC(=O)OC(C)(C)C)c1ccccc1. The maximum absolute atomic E-state index is 11.8. The molecule has 1 aromatic rings. The van der Waals surface area contributed by atoms with Crippen molar-refractivity contribution in [3.8, 4) is 0 Å². The molecule has 0 spiro atoms. The van der Waals surface area contributed by atoms with Gasteiger partial charge in [-0.15, -0.1) is 0 Å². The minimum Gasteiger partial charge on any atom is -0.444 e. The van der Waals surface area contributed by atoms with Crippen LogP contribution in [-0.4, -0.2) is 11.7 Å². The van der Waals surface area contributed by atoms with Crippen molar-refractivity contribution in [2.45, 2.75) is 39.3 Å². The molecule has 3 nitrogen and oxygen atoms in total. The van der Waals surface area contributed by atoms with E-state index in [2.05, 4.69) is 11.9 Å². The van der Waals surface area contributed by atoms with Crippen LogP contribution in [0.25, 0.3) is 0 Å². The normalized spacial score (nSPS) is 12.7. The van der Waals surface area contributed by atoms with Crippen LogP contribution in [0.15, 0.2) is 42.5 Å². The predicted octanol–water partition coefficient (Wildman–Crippen LogP) is 3.83. The second-order valence-electron chi connectivity index (χ2n) is 5.34. The standard InChI is InChI=1S/C15H21NO2/c1-11(2)13(12-9-7-6-8-10-12)16-14(17)18-15(3,4)5/h6-10,13H,1H2,2-5H3,(H,16,17)/t13-/m1/s1. The monoisotopic (exact) mass is 247 g/mol. The summed E-state index contributed by atoms with van der Waals surface area (Å²) < 4.78 is 5.25. The smallest absolute Gasteiger partial charge is 0.408 e. The van der Waals surface area contributed by atoms with Crippen LogP contribution in [0.1, 0.15) is 39.3 Å². The molecule has 0 unspecified atom stereocenters.